The van der Waals surface area contributed by atoms with E-state index in [0.29, 0.717) is 5.69 Å². The zero-order valence-electron chi connectivity index (χ0n) is 14.7. The molecular formula is C18H22N2O4S. The first-order valence-electron chi connectivity index (χ1n) is 7.71. The number of carbonyl (C=O) groups is 1. The van der Waals surface area contributed by atoms with Gasteiger partial charge in [-0.2, -0.15) is 0 Å². The third-order valence-electron chi connectivity index (χ3n) is 3.19. The van der Waals surface area contributed by atoms with Crippen molar-refractivity contribution in [1.29, 1.82) is 0 Å². The summed E-state index contributed by atoms with van der Waals surface area (Å²) in [6, 6.07) is 13.2. The number of anilines is 1. The maximum Gasteiger partial charge on any atom is 0.255 e. The molecule has 0 bridgehead atoms. The monoisotopic (exact) mass is 362 g/mol. The Morgan fingerprint density at radius 1 is 1.04 bits per heavy atom. The second-order valence-corrected chi connectivity index (χ2v) is 8.19. The molecule has 2 N–H and O–H groups in total. The highest BCUT2D eigenvalue weighted by Crippen LogP contribution is 2.26. The summed E-state index contributed by atoms with van der Waals surface area (Å²) in [5, 5.41) is 2.73. The molecule has 134 valence electrons. The molecule has 7 heteroatoms. The Bertz CT molecular complexity index is 856. The summed E-state index contributed by atoms with van der Waals surface area (Å²) in [5.41, 5.74) is 0.186. The van der Waals surface area contributed by atoms with E-state index < -0.39 is 21.5 Å². The number of nitrogens with one attached hydrogen (secondary N) is 2. The van der Waals surface area contributed by atoms with Crippen LogP contribution in [0.15, 0.2) is 53.4 Å². The molecule has 0 aliphatic rings. The van der Waals surface area contributed by atoms with Crippen LogP contribution < -0.4 is 14.8 Å². The maximum absolute atomic E-state index is 12.6. The van der Waals surface area contributed by atoms with Crippen molar-refractivity contribution in [3.05, 3.63) is 54.1 Å². The van der Waals surface area contributed by atoms with E-state index in [0.717, 1.165) is 0 Å². The van der Waals surface area contributed by atoms with E-state index in [1.54, 1.807) is 45.0 Å². The largest absolute Gasteiger partial charge is 0.495 e. The van der Waals surface area contributed by atoms with Crippen LogP contribution in [0.4, 0.5) is 5.69 Å². The number of amides is 1. The van der Waals surface area contributed by atoms with E-state index in [-0.39, 0.29) is 16.2 Å². The fourth-order valence-corrected chi connectivity index (χ4v) is 3.83. The Labute approximate surface area is 148 Å². The highest BCUT2D eigenvalue weighted by molar-refractivity contribution is 7.89. The number of methoxy groups -OCH3 is 1. The number of hydrogen-bond donors (Lipinski definition) is 2. The highest BCUT2D eigenvalue weighted by atomic mass is 32.2. The van der Waals surface area contributed by atoms with Crippen LogP contribution in [0.3, 0.4) is 0 Å². The number of ether oxygens (including phenoxy) is 1. The summed E-state index contributed by atoms with van der Waals surface area (Å²) in [6.07, 6.45) is 0. The van der Waals surface area contributed by atoms with Gasteiger partial charge in [0, 0.05) is 16.8 Å². The van der Waals surface area contributed by atoms with Gasteiger partial charge in [0.25, 0.3) is 5.91 Å². The molecule has 0 aromatic heterocycles. The molecule has 0 heterocycles. The predicted octanol–water partition coefficient (Wildman–Crippen LogP) is 3.02. The molecule has 0 unspecified atom stereocenters. The second-order valence-electron chi connectivity index (χ2n) is 6.54. The average Bonchev–Trinajstić information content (AvgIpc) is 2.53. The Balaban J connectivity index is 2.38. The lowest BCUT2D eigenvalue weighted by Crippen LogP contribution is -2.40. The van der Waals surface area contributed by atoms with Crippen molar-refractivity contribution in [3.8, 4) is 5.75 Å². The van der Waals surface area contributed by atoms with Crippen LogP contribution in [0.25, 0.3) is 0 Å². The quantitative estimate of drug-likeness (QED) is 0.856. The smallest absolute Gasteiger partial charge is 0.255 e. The summed E-state index contributed by atoms with van der Waals surface area (Å²) in [5.74, 6) is -0.228. The number of carbonyl (C=O) groups excluding carboxylic acids is 1. The normalized spacial score (nSPS) is 11.8. The van der Waals surface area contributed by atoms with Crippen molar-refractivity contribution in [2.75, 3.05) is 12.4 Å². The van der Waals surface area contributed by atoms with Crippen molar-refractivity contribution in [2.45, 2.75) is 31.2 Å². The zero-order chi connectivity index (χ0) is 18.7. The van der Waals surface area contributed by atoms with Crippen LogP contribution in [0.1, 0.15) is 31.1 Å². The molecule has 0 aliphatic heterocycles. The van der Waals surface area contributed by atoms with Gasteiger partial charge in [0.2, 0.25) is 10.0 Å². The van der Waals surface area contributed by atoms with E-state index in [1.807, 2.05) is 6.07 Å². The van der Waals surface area contributed by atoms with Gasteiger partial charge in [0.15, 0.2) is 0 Å². The molecule has 0 aliphatic carbocycles. The molecule has 0 atom stereocenters. The molecule has 0 spiro atoms. The fourth-order valence-electron chi connectivity index (χ4n) is 2.21. The van der Waals surface area contributed by atoms with Crippen molar-refractivity contribution >= 4 is 21.6 Å². The molecule has 25 heavy (non-hydrogen) atoms. The zero-order valence-corrected chi connectivity index (χ0v) is 15.5. The Morgan fingerprint density at radius 2 is 1.68 bits per heavy atom. The third kappa shape index (κ3) is 5.04. The topological polar surface area (TPSA) is 84.5 Å². The standard InChI is InChI=1S/C18H22N2O4S/c1-18(2,3)20-25(22,23)16-12-13(10-11-15(16)24-4)17(21)19-14-8-6-5-7-9-14/h5-12,20H,1-4H3,(H,19,21). The SMILES string of the molecule is COc1ccc(C(=O)Nc2ccccc2)cc1S(=O)(=O)NC(C)(C)C. The van der Waals surface area contributed by atoms with Gasteiger partial charge in [-0.1, -0.05) is 18.2 Å². The first kappa shape index (κ1) is 19.0. The van der Waals surface area contributed by atoms with Crippen LogP contribution >= 0.6 is 0 Å². The molecule has 6 nitrogen and oxygen atoms in total. The predicted molar refractivity (Wildman–Crippen MR) is 97.5 cm³/mol. The molecule has 2 aromatic carbocycles. The maximum atomic E-state index is 12.6. The van der Waals surface area contributed by atoms with Gasteiger partial charge in [-0.05, 0) is 51.1 Å². The minimum absolute atomic E-state index is 0.0781. The van der Waals surface area contributed by atoms with E-state index in [1.165, 1.54) is 25.3 Å². The van der Waals surface area contributed by atoms with Gasteiger partial charge in [-0.3, -0.25) is 4.79 Å². The lowest BCUT2D eigenvalue weighted by Gasteiger charge is -2.21. The van der Waals surface area contributed by atoms with Crippen LogP contribution in [0.5, 0.6) is 5.75 Å². The van der Waals surface area contributed by atoms with Crippen molar-refractivity contribution in [1.82, 2.24) is 4.72 Å². The Kier molecular flexibility index (Phi) is 5.49. The molecule has 2 aromatic rings. The molecule has 0 radical (unpaired) electrons. The van der Waals surface area contributed by atoms with Crippen molar-refractivity contribution in [2.24, 2.45) is 0 Å². The van der Waals surface area contributed by atoms with E-state index in [9.17, 15) is 13.2 Å². The molecule has 0 saturated carbocycles. The van der Waals surface area contributed by atoms with Gasteiger partial charge in [0.05, 0.1) is 7.11 Å². The van der Waals surface area contributed by atoms with E-state index in [4.69, 9.17) is 4.74 Å². The van der Waals surface area contributed by atoms with Crippen LogP contribution in [-0.4, -0.2) is 27.0 Å². The average molecular weight is 362 g/mol. The third-order valence-corrected chi connectivity index (χ3v) is 4.97. The van der Waals surface area contributed by atoms with E-state index in [2.05, 4.69) is 10.0 Å². The molecule has 2 rings (SSSR count). The van der Waals surface area contributed by atoms with Gasteiger partial charge in [0.1, 0.15) is 10.6 Å². The summed E-state index contributed by atoms with van der Waals surface area (Å²) >= 11 is 0. The second kappa shape index (κ2) is 7.25. The number of para-hydroxylation sites is 1. The first-order chi connectivity index (χ1) is 11.6. The van der Waals surface area contributed by atoms with Crippen LogP contribution in [0.2, 0.25) is 0 Å². The Hall–Kier alpha value is -2.38. The van der Waals surface area contributed by atoms with Gasteiger partial charge in [-0.15, -0.1) is 0 Å². The van der Waals surface area contributed by atoms with Gasteiger partial charge < -0.3 is 10.1 Å². The summed E-state index contributed by atoms with van der Waals surface area (Å²) in [6.45, 7) is 5.22. The minimum Gasteiger partial charge on any atom is -0.495 e. The molecular weight excluding hydrogens is 340 g/mol. The number of sulfonamides is 1. The summed E-state index contributed by atoms with van der Waals surface area (Å²) in [4.78, 5) is 12.3. The fraction of sp³-hybridized carbons (Fsp3) is 0.278. The summed E-state index contributed by atoms with van der Waals surface area (Å²) in [7, 11) is -2.46. The number of benzene rings is 2. The minimum atomic E-state index is -3.84. The van der Waals surface area contributed by atoms with Crippen LogP contribution in [-0.2, 0) is 10.0 Å². The molecule has 1 amide bonds. The first-order valence-corrected chi connectivity index (χ1v) is 9.19. The summed E-state index contributed by atoms with van der Waals surface area (Å²) < 4.78 is 33.0. The molecule has 0 saturated heterocycles. The van der Waals surface area contributed by atoms with Gasteiger partial charge in [-0.25, -0.2) is 13.1 Å². The lowest BCUT2D eigenvalue weighted by atomic mass is 10.1. The number of rotatable bonds is 5. The van der Waals surface area contributed by atoms with Crippen molar-refractivity contribution < 1.29 is 17.9 Å². The highest BCUT2D eigenvalue weighted by Gasteiger charge is 2.26. The lowest BCUT2D eigenvalue weighted by molar-refractivity contribution is 0.102. The molecule has 0 fully saturated rings. The van der Waals surface area contributed by atoms with E-state index >= 15 is 0 Å². The van der Waals surface area contributed by atoms with Gasteiger partial charge >= 0.3 is 0 Å². The van der Waals surface area contributed by atoms with Crippen LogP contribution in [0, 0.1) is 0 Å². The Morgan fingerprint density at radius 3 is 2.24 bits per heavy atom. The number of hydrogen-bond acceptors (Lipinski definition) is 4. The van der Waals surface area contributed by atoms with Crippen molar-refractivity contribution in [3.63, 3.8) is 0 Å².